The van der Waals surface area contributed by atoms with E-state index in [0.717, 1.165) is 39.2 Å². The first-order valence-corrected chi connectivity index (χ1v) is 13.0. The second kappa shape index (κ2) is 10.3. The number of anilines is 1. The Morgan fingerprint density at radius 3 is 2.43 bits per heavy atom. The molecule has 8 heteroatoms. The highest BCUT2D eigenvalue weighted by atomic mass is 32.2. The molecule has 2 heterocycles. The maximum absolute atomic E-state index is 13.5. The lowest BCUT2D eigenvalue weighted by Crippen LogP contribution is -2.25. The van der Waals surface area contributed by atoms with Crippen LogP contribution < -0.4 is 5.32 Å². The summed E-state index contributed by atoms with van der Waals surface area (Å²) in [6, 6.07) is 20.1. The maximum Gasteiger partial charge on any atom is 0.262 e. The summed E-state index contributed by atoms with van der Waals surface area (Å²) in [5, 5.41) is 9.34. The minimum atomic E-state index is -0.621. The molecule has 37 heavy (non-hydrogen) atoms. The Hall–Kier alpha value is -3.78. The van der Waals surface area contributed by atoms with Crippen LogP contribution >= 0.6 is 11.8 Å². The fourth-order valence-corrected chi connectivity index (χ4v) is 5.54. The number of aryl methyl sites for hydroxylation is 3. The van der Waals surface area contributed by atoms with Gasteiger partial charge < -0.3 is 5.32 Å². The molecule has 2 atom stereocenters. The van der Waals surface area contributed by atoms with Gasteiger partial charge in [-0.05, 0) is 55.7 Å². The summed E-state index contributed by atoms with van der Waals surface area (Å²) in [4.78, 5) is 29.9. The molecule has 0 fully saturated rings. The van der Waals surface area contributed by atoms with Crippen LogP contribution in [-0.2, 0) is 9.59 Å². The van der Waals surface area contributed by atoms with E-state index < -0.39 is 5.25 Å². The molecule has 0 aliphatic carbocycles. The van der Waals surface area contributed by atoms with E-state index in [0.29, 0.717) is 11.6 Å². The van der Waals surface area contributed by atoms with E-state index in [1.54, 1.807) is 17.1 Å². The Morgan fingerprint density at radius 2 is 1.73 bits per heavy atom. The molecular weight excluding hydrogens is 487 g/mol. The van der Waals surface area contributed by atoms with Gasteiger partial charge in [0.1, 0.15) is 11.1 Å². The van der Waals surface area contributed by atoms with Crippen LogP contribution in [0.5, 0.6) is 0 Å². The van der Waals surface area contributed by atoms with E-state index in [4.69, 9.17) is 5.10 Å². The Labute approximate surface area is 219 Å². The lowest BCUT2D eigenvalue weighted by Gasteiger charge is -2.23. The summed E-state index contributed by atoms with van der Waals surface area (Å²) in [6.45, 7) is 5.96. The number of carbonyl (C=O) groups is 2. The molecule has 2 aliphatic heterocycles. The van der Waals surface area contributed by atoms with E-state index in [2.05, 4.69) is 10.3 Å². The highest BCUT2D eigenvalue weighted by molar-refractivity contribution is 8.15. The zero-order valence-corrected chi connectivity index (χ0v) is 21.7. The number of aliphatic imine (C=N–C) groups is 1. The van der Waals surface area contributed by atoms with Crippen molar-refractivity contribution in [3.05, 3.63) is 100 Å². The standard InChI is InChI=1S/C29H27FN4O2S/c1-17-4-7-21(8-5-17)25-15-24(20-9-11-22(30)12-10-20)33-34(25)29-32-28(36)26(37-29)16-27(35)31-23-13-6-18(2)14-19(23)3/h4-14,25-26H,15-16H2,1-3H3,(H,31,35)/t25-,26-/m0/s1. The van der Waals surface area contributed by atoms with Gasteiger partial charge in [-0.1, -0.05) is 71.4 Å². The molecule has 0 unspecified atom stereocenters. The van der Waals surface area contributed by atoms with Crippen molar-refractivity contribution in [2.24, 2.45) is 10.1 Å². The smallest absolute Gasteiger partial charge is 0.262 e. The van der Waals surface area contributed by atoms with Crippen LogP contribution in [0.3, 0.4) is 0 Å². The summed E-state index contributed by atoms with van der Waals surface area (Å²) < 4.78 is 13.5. The number of carbonyl (C=O) groups excluding carboxylic acids is 2. The van der Waals surface area contributed by atoms with Crippen LogP contribution in [-0.4, -0.2) is 33.0 Å². The highest BCUT2D eigenvalue weighted by Crippen LogP contribution is 2.38. The number of amidine groups is 1. The van der Waals surface area contributed by atoms with Crippen molar-refractivity contribution in [1.82, 2.24) is 5.01 Å². The van der Waals surface area contributed by atoms with Crippen molar-refractivity contribution >= 4 is 40.1 Å². The van der Waals surface area contributed by atoms with Crippen LogP contribution in [0.1, 0.15) is 46.7 Å². The van der Waals surface area contributed by atoms with Crippen molar-refractivity contribution in [1.29, 1.82) is 0 Å². The normalized spacial score (nSPS) is 19.1. The number of hydrogen-bond donors (Lipinski definition) is 1. The summed E-state index contributed by atoms with van der Waals surface area (Å²) in [5.41, 5.74) is 6.61. The third-order valence-corrected chi connectivity index (χ3v) is 7.64. The van der Waals surface area contributed by atoms with Gasteiger partial charge in [0.25, 0.3) is 5.91 Å². The van der Waals surface area contributed by atoms with Crippen molar-refractivity contribution in [2.45, 2.75) is 44.9 Å². The second-order valence-electron chi connectivity index (χ2n) is 9.44. The maximum atomic E-state index is 13.5. The third kappa shape index (κ3) is 5.49. The van der Waals surface area contributed by atoms with Crippen LogP contribution in [0.15, 0.2) is 76.8 Å². The molecule has 0 saturated carbocycles. The van der Waals surface area contributed by atoms with Crippen molar-refractivity contribution < 1.29 is 14.0 Å². The third-order valence-electron chi connectivity index (χ3n) is 6.50. The number of rotatable bonds is 5. The number of nitrogens with one attached hydrogen (secondary N) is 1. The number of halogens is 1. The molecule has 0 saturated heterocycles. The van der Waals surface area contributed by atoms with Crippen molar-refractivity contribution in [3.8, 4) is 0 Å². The predicted molar refractivity (Wildman–Crippen MR) is 146 cm³/mol. The molecule has 2 aliphatic rings. The molecular formula is C29H27FN4O2S. The van der Waals surface area contributed by atoms with Crippen LogP contribution in [0.4, 0.5) is 10.1 Å². The molecule has 188 valence electrons. The molecule has 0 bridgehead atoms. The number of benzene rings is 3. The highest BCUT2D eigenvalue weighted by Gasteiger charge is 2.39. The first-order valence-electron chi connectivity index (χ1n) is 12.1. The molecule has 0 aromatic heterocycles. The number of hydrogen-bond acceptors (Lipinski definition) is 5. The van der Waals surface area contributed by atoms with Gasteiger partial charge >= 0.3 is 0 Å². The summed E-state index contributed by atoms with van der Waals surface area (Å²) in [6.07, 6.45) is 0.599. The molecule has 5 rings (SSSR count). The second-order valence-corrected chi connectivity index (χ2v) is 10.6. The molecule has 3 aromatic carbocycles. The Balaban J connectivity index is 1.35. The number of nitrogens with zero attached hydrogens (tertiary/aromatic N) is 3. The lowest BCUT2D eigenvalue weighted by atomic mass is 9.98. The minimum absolute atomic E-state index is 0.0153. The van der Waals surface area contributed by atoms with Crippen LogP contribution in [0, 0.1) is 26.6 Å². The fourth-order valence-electron chi connectivity index (χ4n) is 4.48. The van der Waals surface area contributed by atoms with Gasteiger partial charge in [-0.15, -0.1) is 0 Å². The van der Waals surface area contributed by atoms with Gasteiger partial charge in [-0.3, -0.25) is 9.59 Å². The fraction of sp³-hybridized carbons (Fsp3) is 0.241. The molecule has 1 N–H and O–H groups in total. The average Bonchev–Trinajstić information content (AvgIpc) is 3.46. The van der Waals surface area contributed by atoms with Gasteiger partial charge in [-0.2, -0.15) is 10.1 Å². The topological polar surface area (TPSA) is 74.1 Å². The first kappa shape index (κ1) is 24.9. The van der Waals surface area contributed by atoms with Crippen LogP contribution in [0.25, 0.3) is 0 Å². The van der Waals surface area contributed by atoms with E-state index in [9.17, 15) is 14.0 Å². The zero-order valence-electron chi connectivity index (χ0n) is 20.9. The zero-order chi connectivity index (χ0) is 26.1. The SMILES string of the molecule is Cc1ccc([C@@H]2CC(c3ccc(F)cc3)=NN2C2=NC(=O)[C@H](CC(=O)Nc3ccc(C)cc3C)S2)cc1. The largest absolute Gasteiger partial charge is 0.326 e. The van der Waals surface area contributed by atoms with Gasteiger partial charge in [0.05, 0.1) is 11.8 Å². The summed E-state index contributed by atoms with van der Waals surface area (Å²) >= 11 is 1.26. The van der Waals surface area contributed by atoms with E-state index in [1.807, 2.05) is 63.2 Å². The summed E-state index contributed by atoms with van der Waals surface area (Å²) in [5.74, 6) is -0.886. The van der Waals surface area contributed by atoms with E-state index in [1.165, 1.54) is 23.9 Å². The average molecular weight is 515 g/mol. The Kier molecular flexibility index (Phi) is 6.93. The van der Waals surface area contributed by atoms with E-state index >= 15 is 0 Å². The predicted octanol–water partition coefficient (Wildman–Crippen LogP) is 5.93. The number of thioether (sulfide) groups is 1. The Morgan fingerprint density at radius 1 is 1.03 bits per heavy atom. The van der Waals surface area contributed by atoms with Crippen LogP contribution in [0.2, 0.25) is 0 Å². The quantitative estimate of drug-likeness (QED) is 0.458. The monoisotopic (exact) mass is 514 g/mol. The molecule has 0 radical (unpaired) electrons. The minimum Gasteiger partial charge on any atom is -0.326 e. The Bertz CT molecular complexity index is 1420. The lowest BCUT2D eigenvalue weighted by molar-refractivity contribution is -0.121. The number of amides is 2. The molecule has 6 nitrogen and oxygen atoms in total. The van der Waals surface area contributed by atoms with Gasteiger partial charge in [0, 0.05) is 18.5 Å². The molecule has 0 spiro atoms. The van der Waals surface area contributed by atoms with Crippen molar-refractivity contribution in [2.75, 3.05) is 5.32 Å². The number of hydrazone groups is 1. The summed E-state index contributed by atoms with van der Waals surface area (Å²) in [7, 11) is 0. The molecule has 3 aromatic rings. The molecule has 2 amide bonds. The van der Waals surface area contributed by atoms with Gasteiger partial charge in [-0.25, -0.2) is 9.40 Å². The first-order chi connectivity index (χ1) is 17.8. The van der Waals surface area contributed by atoms with Gasteiger partial charge in [0.2, 0.25) is 5.91 Å². The van der Waals surface area contributed by atoms with Gasteiger partial charge in [0.15, 0.2) is 5.17 Å². The van der Waals surface area contributed by atoms with Crippen molar-refractivity contribution in [3.63, 3.8) is 0 Å². The van der Waals surface area contributed by atoms with E-state index in [-0.39, 0.29) is 30.1 Å².